The third-order valence-corrected chi connectivity index (χ3v) is 6.86. The van der Waals surface area contributed by atoms with Crippen LogP contribution in [0, 0.1) is 0 Å². The number of carbonyl (C=O) groups is 1. The number of hydrogen-bond donors (Lipinski definition) is 2. The van der Waals surface area contributed by atoms with Gasteiger partial charge in [0.15, 0.2) is 5.16 Å². The van der Waals surface area contributed by atoms with Crippen LogP contribution in [0.2, 0.25) is 0 Å². The quantitative estimate of drug-likeness (QED) is 0.324. The van der Waals surface area contributed by atoms with Gasteiger partial charge in [0.05, 0.1) is 15.7 Å². The maximum absolute atomic E-state index is 12.7. The number of anilines is 1. The fourth-order valence-electron chi connectivity index (χ4n) is 2.49. The van der Waals surface area contributed by atoms with Crippen LogP contribution >= 0.6 is 23.1 Å². The highest BCUT2D eigenvalue weighted by atomic mass is 32.2. The average molecular weight is 451 g/mol. The van der Waals surface area contributed by atoms with Crippen LogP contribution < -0.4 is 16.0 Å². The standard InChI is InChI=1S/C18H18N4O4S3/c1-3-9-22-17(24)15-14(8-10-27-15)21-18(22)28-11(2)16(23)20-12-4-6-13(7-5-12)29(19,25)26/h3-8,10-11H,1,9H2,2H3,(H,20,23)(H2,19,25,26)/t11-/m0/s1. The molecule has 3 aromatic rings. The molecule has 1 amide bonds. The lowest BCUT2D eigenvalue weighted by Crippen LogP contribution is -2.26. The molecule has 152 valence electrons. The zero-order chi connectivity index (χ0) is 21.2. The zero-order valence-electron chi connectivity index (χ0n) is 15.4. The van der Waals surface area contributed by atoms with E-state index in [0.717, 1.165) is 11.8 Å². The van der Waals surface area contributed by atoms with E-state index in [9.17, 15) is 18.0 Å². The van der Waals surface area contributed by atoms with Crippen molar-refractivity contribution in [2.45, 2.75) is 28.8 Å². The van der Waals surface area contributed by atoms with Crippen molar-refractivity contribution in [3.05, 3.63) is 58.7 Å². The summed E-state index contributed by atoms with van der Waals surface area (Å²) in [4.78, 5) is 29.7. The Morgan fingerprint density at radius 1 is 1.38 bits per heavy atom. The van der Waals surface area contributed by atoms with Gasteiger partial charge in [0, 0.05) is 12.2 Å². The molecule has 0 fully saturated rings. The van der Waals surface area contributed by atoms with Crippen molar-refractivity contribution in [1.29, 1.82) is 0 Å². The monoisotopic (exact) mass is 450 g/mol. The van der Waals surface area contributed by atoms with Crippen molar-refractivity contribution in [1.82, 2.24) is 9.55 Å². The molecule has 1 atom stereocenters. The molecule has 8 nitrogen and oxygen atoms in total. The van der Waals surface area contributed by atoms with E-state index < -0.39 is 15.3 Å². The normalized spacial score (nSPS) is 12.6. The van der Waals surface area contributed by atoms with Crippen molar-refractivity contribution in [3.8, 4) is 0 Å². The summed E-state index contributed by atoms with van der Waals surface area (Å²) in [6.45, 7) is 5.65. The molecule has 11 heteroatoms. The number of hydrogen-bond acceptors (Lipinski definition) is 7. The minimum absolute atomic E-state index is 0.0420. The highest BCUT2D eigenvalue weighted by Crippen LogP contribution is 2.25. The lowest BCUT2D eigenvalue weighted by molar-refractivity contribution is -0.115. The van der Waals surface area contributed by atoms with Gasteiger partial charge in [-0.05, 0) is 42.6 Å². The van der Waals surface area contributed by atoms with Gasteiger partial charge in [-0.1, -0.05) is 17.8 Å². The summed E-state index contributed by atoms with van der Waals surface area (Å²) in [5.74, 6) is -0.317. The van der Waals surface area contributed by atoms with Crippen LogP contribution in [0.5, 0.6) is 0 Å². The number of amides is 1. The molecule has 1 aromatic carbocycles. The zero-order valence-corrected chi connectivity index (χ0v) is 17.8. The number of allylic oxidation sites excluding steroid dienone is 1. The fourth-order valence-corrected chi connectivity index (χ4v) is 4.70. The number of aromatic nitrogens is 2. The summed E-state index contributed by atoms with van der Waals surface area (Å²) in [6, 6.07) is 7.31. The number of fused-ring (bicyclic) bond motifs is 1. The number of benzene rings is 1. The number of primary sulfonamides is 1. The van der Waals surface area contributed by atoms with Gasteiger partial charge in [0.2, 0.25) is 15.9 Å². The Balaban J connectivity index is 1.80. The van der Waals surface area contributed by atoms with Gasteiger partial charge in [-0.15, -0.1) is 17.9 Å². The van der Waals surface area contributed by atoms with Gasteiger partial charge >= 0.3 is 0 Å². The maximum Gasteiger partial charge on any atom is 0.272 e. The van der Waals surface area contributed by atoms with Gasteiger partial charge in [-0.2, -0.15) is 0 Å². The molecular formula is C18H18N4O4S3. The van der Waals surface area contributed by atoms with Crippen molar-refractivity contribution in [3.63, 3.8) is 0 Å². The summed E-state index contributed by atoms with van der Waals surface area (Å²) in [5.41, 5.74) is 0.854. The molecule has 3 N–H and O–H groups in total. The van der Waals surface area contributed by atoms with Crippen LogP contribution in [-0.4, -0.2) is 29.1 Å². The Hall–Kier alpha value is -2.47. The van der Waals surface area contributed by atoms with E-state index in [1.165, 1.54) is 40.2 Å². The van der Waals surface area contributed by atoms with E-state index in [2.05, 4.69) is 16.9 Å². The number of nitrogens with one attached hydrogen (secondary N) is 1. The second-order valence-electron chi connectivity index (χ2n) is 6.05. The number of thioether (sulfide) groups is 1. The molecular weight excluding hydrogens is 432 g/mol. The Morgan fingerprint density at radius 3 is 2.69 bits per heavy atom. The second kappa shape index (κ2) is 8.49. The Labute approximate surface area is 175 Å². The number of carbonyl (C=O) groups excluding carboxylic acids is 1. The minimum atomic E-state index is -3.80. The van der Waals surface area contributed by atoms with E-state index >= 15 is 0 Å². The van der Waals surface area contributed by atoms with Gasteiger partial charge < -0.3 is 5.32 Å². The predicted octanol–water partition coefficient (Wildman–Crippen LogP) is 2.41. The number of nitrogens with two attached hydrogens (primary N) is 1. The Bertz CT molecular complexity index is 1230. The summed E-state index contributed by atoms with van der Waals surface area (Å²) in [7, 11) is -3.80. The second-order valence-corrected chi connectivity index (χ2v) is 9.84. The van der Waals surface area contributed by atoms with Gasteiger partial charge in [-0.25, -0.2) is 18.5 Å². The Kier molecular flexibility index (Phi) is 6.22. The molecule has 0 aliphatic rings. The summed E-state index contributed by atoms with van der Waals surface area (Å²) < 4.78 is 24.7. The molecule has 0 saturated carbocycles. The molecule has 0 radical (unpaired) electrons. The minimum Gasteiger partial charge on any atom is -0.325 e. The summed E-state index contributed by atoms with van der Waals surface area (Å²) in [6.07, 6.45) is 1.60. The van der Waals surface area contributed by atoms with E-state index in [-0.39, 0.29) is 22.9 Å². The van der Waals surface area contributed by atoms with E-state index in [0.29, 0.717) is 21.1 Å². The lowest BCUT2D eigenvalue weighted by Gasteiger charge is -2.15. The molecule has 0 spiro atoms. The molecule has 3 rings (SSSR count). The van der Waals surface area contributed by atoms with Crippen molar-refractivity contribution in [2.24, 2.45) is 5.14 Å². The van der Waals surface area contributed by atoms with Crippen molar-refractivity contribution < 1.29 is 13.2 Å². The summed E-state index contributed by atoms with van der Waals surface area (Å²) in [5, 5.41) is 9.44. The number of thiophene rings is 1. The molecule has 0 saturated heterocycles. The number of sulfonamides is 1. The van der Waals surface area contributed by atoms with Gasteiger partial charge in [0.1, 0.15) is 4.70 Å². The highest BCUT2D eigenvalue weighted by Gasteiger charge is 2.20. The topological polar surface area (TPSA) is 124 Å². The molecule has 0 aliphatic heterocycles. The fraction of sp³-hybridized carbons (Fsp3) is 0.167. The van der Waals surface area contributed by atoms with Crippen LogP contribution in [0.25, 0.3) is 10.2 Å². The van der Waals surface area contributed by atoms with Gasteiger partial charge in [0.25, 0.3) is 5.56 Å². The third kappa shape index (κ3) is 4.75. The highest BCUT2D eigenvalue weighted by molar-refractivity contribution is 8.00. The first-order valence-corrected chi connectivity index (χ1v) is 11.7. The number of nitrogens with zero attached hydrogens (tertiary/aromatic N) is 2. The number of rotatable bonds is 7. The predicted molar refractivity (Wildman–Crippen MR) is 116 cm³/mol. The van der Waals surface area contributed by atoms with Gasteiger partial charge in [-0.3, -0.25) is 14.2 Å². The molecule has 0 bridgehead atoms. The van der Waals surface area contributed by atoms with Crippen LogP contribution in [0.15, 0.2) is 63.2 Å². The first-order chi connectivity index (χ1) is 13.7. The van der Waals surface area contributed by atoms with Crippen LogP contribution in [0.3, 0.4) is 0 Å². The van der Waals surface area contributed by atoms with Crippen LogP contribution in [-0.2, 0) is 21.4 Å². The average Bonchev–Trinajstić information content (AvgIpc) is 3.13. The molecule has 2 aromatic heterocycles. The largest absolute Gasteiger partial charge is 0.325 e. The van der Waals surface area contributed by atoms with Crippen molar-refractivity contribution >= 4 is 54.9 Å². The van der Waals surface area contributed by atoms with E-state index in [4.69, 9.17) is 5.14 Å². The first kappa shape index (κ1) is 21.2. The maximum atomic E-state index is 12.7. The van der Waals surface area contributed by atoms with E-state index in [1.807, 2.05) is 0 Å². The van der Waals surface area contributed by atoms with Crippen molar-refractivity contribution in [2.75, 3.05) is 5.32 Å². The third-order valence-electron chi connectivity index (χ3n) is 3.94. The SMILES string of the molecule is C=CCn1c(S[C@@H](C)C(=O)Nc2ccc(S(N)(=O)=O)cc2)nc2ccsc2c1=O. The molecule has 29 heavy (non-hydrogen) atoms. The van der Waals surface area contributed by atoms with Crippen LogP contribution in [0.1, 0.15) is 6.92 Å². The first-order valence-electron chi connectivity index (χ1n) is 8.40. The smallest absolute Gasteiger partial charge is 0.272 e. The molecule has 2 heterocycles. The van der Waals surface area contributed by atoms with E-state index in [1.54, 1.807) is 24.4 Å². The Morgan fingerprint density at radius 2 is 2.07 bits per heavy atom. The summed E-state index contributed by atoms with van der Waals surface area (Å²) >= 11 is 2.48. The molecule has 0 unspecified atom stereocenters. The lowest BCUT2D eigenvalue weighted by atomic mass is 10.3. The van der Waals surface area contributed by atoms with Crippen LogP contribution in [0.4, 0.5) is 5.69 Å². The molecule has 0 aliphatic carbocycles.